The second-order valence-electron chi connectivity index (χ2n) is 8.08. The Hall–Kier alpha value is -3.22. The van der Waals surface area contributed by atoms with Crippen LogP contribution in [0.4, 0.5) is 0 Å². The molecule has 0 bridgehead atoms. The normalized spacial score (nSPS) is 15.5. The van der Waals surface area contributed by atoms with Crippen molar-refractivity contribution >= 4 is 22.9 Å². The minimum Gasteiger partial charge on any atom is -0.467 e. The number of rotatable bonds is 5. The third kappa shape index (κ3) is 3.44. The van der Waals surface area contributed by atoms with Gasteiger partial charge >= 0.3 is 5.97 Å². The van der Waals surface area contributed by atoms with E-state index in [1.165, 1.54) is 7.11 Å². The summed E-state index contributed by atoms with van der Waals surface area (Å²) in [6, 6.07) is 11.6. The average Bonchev–Trinajstić information content (AvgIpc) is 3.40. The highest BCUT2D eigenvalue weighted by atomic mass is 16.5. The molecule has 1 aromatic carbocycles. The third-order valence-electron chi connectivity index (χ3n) is 5.76. The van der Waals surface area contributed by atoms with Gasteiger partial charge in [0.1, 0.15) is 5.54 Å². The van der Waals surface area contributed by atoms with Crippen molar-refractivity contribution in [2.24, 2.45) is 0 Å². The number of carbonyl (C=O) groups excluding carboxylic acids is 2. The second-order valence-corrected chi connectivity index (χ2v) is 8.08. The lowest BCUT2D eigenvalue weighted by Gasteiger charge is -2.27. The molecule has 0 saturated heterocycles. The van der Waals surface area contributed by atoms with Crippen LogP contribution in [0.1, 0.15) is 55.9 Å². The summed E-state index contributed by atoms with van der Waals surface area (Å²) in [7, 11) is 1.36. The highest BCUT2D eigenvalue weighted by Gasteiger charge is 2.44. The Bertz CT molecular complexity index is 1080. The highest BCUT2D eigenvalue weighted by Crippen LogP contribution is 2.32. The van der Waals surface area contributed by atoms with Gasteiger partial charge in [-0.1, -0.05) is 43.2 Å². The number of ether oxygens (including phenoxy) is 1. The Balaban J connectivity index is 1.83. The van der Waals surface area contributed by atoms with Crippen LogP contribution in [0.3, 0.4) is 0 Å². The van der Waals surface area contributed by atoms with Crippen LogP contribution in [0.2, 0.25) is 0 Å². The number of hydrogen-bond donors (Lipinski definition) is 1. The molecule has 2 aromatic heterocycles. The van der Waals surface area contributed by atoms with Crippen LogP contribution in [-0.2, 0) is 9.53 Å². The first-order valence-electron chi connectivity index (χ1n) is 10.3. The number of methoxy groups -OCH3 is 1. The second kappa shape index (κ2) is 7.89. The number of esters is 1. The number of pyridine rings is 1. The number of hydrogen-bond acceptors (Lipinski definition) is 5. The molecule has 30 heavy (non-hydrogen) atoms. The molecular weight excluding hydrogens is 380 g/mol. The Kier molecular flexibility index (Phi) is 5.28. The van der Waals surface area contributed by atoms with E-state index >= 15 is 0 Å². The van der Waals surface area contributed by atoms with E-state index in [-0.39, 0.29) is 17.9 Å². The fraction of sp³-hybridized carbons (Fsp3) is 0.391. The van der Waals surface area contributed by atoms with Gasteiger partial charge in [0.2, 0.25) is 0 Å². The van der Waals surface area contributed by atoms with Crippen LogP contribution in [0.25, 0.3) is 22.3 Å². The number of fused-ring (bicyclic) bond motifs is 1. The minimum absolute atomic E-state index is 0.0909. The van der Waals surface area contributed by atoms with Gasteiger partial charge in [-0.05, 0) is 32.8 Å². The Morgan fingerprint density at radius 1 is 1.17 bits per heavy atom. The Labute approximate surface area is 175 Å². The summed E-state index contributed by atoms with van der Waals surface area (Å²) in [5.74, 6) is -0.699. The number of nitrogens with one attached hydrogen (secondary N) is 1. The highest BCUT2D eigenvalue weighted by molar-refractivity contribution is 6.08. The first kappa shape index (κ1) is 20.1. The van der Waals surface area contributed by atoms with Crippen LogP contribution < -0.4 is 5.32 Å². The first-order valence-corrected chi connectivity index (χ1v) is 10.3. The van der Waals surface area contributed by atoms with E-state index in [0.29, 0.717) is 35.1 Å². The van der Waals surface area contributed by atoms with Crippen molar-refractivity contribution in [2.45, 2.75) is 51.1 Å². The van der Waals surface area contributed by atoms with Crippen LogP contribution in [0, 0.1) is 0 Å². The Morgan fingerprint density at radius 2 is 1.87 bits per heavy atom. The maximum atomic E-state index is 13.4. The van der Waals surface area contributed by atoms with E-state index in [1.54, 1.807) is 12.3 Å². The van der Waals surface area contributed by atoms with Crippen molar-refractivity contribution in [3.63, 3.8) is 0 Å². The number of nitrogens with zero attached hydrogens (tertiary/aromatic N) is 3. The Morgan fingerprint density at radius 3 is 2.50 bits per heavy atom. The molecule has 3 aromatic rings. The molecular formula is C23H26N4O3. The van der Waals surface area contributed by atoms with Crippen LogP contribution in [-0.4, -0.2) is 39.3 Å². The number of carbonyl (C=O) groups is 2. The molecule has 1 fully saturated rings. The lowest BCUT2D eigenvalue weighted by Crippen LogP contribution is -2.53. The largest absolute Gasteiger partial charge is 0.467 e. The smallest absolute Gasteiger partial charge is 0.331 e. The monoisotopic (exact) mass is 406 g/mol. The van der Waals surface area contributed by atoms with Gasteiger partial charge in [-0.25, -0.2) is 14.5 Å². The van der Waals surface area contributed by atoms with E-state index in [9.17, 15) is 9.59 Å². The molecule has 4 rings (SSSR count). The first-order chi connectivity index (χ1) is 14.4. The van der Waals surface area contributed by atoms with E-state index in [0.717, 1.165) is 18.4 Å². The summed E-state index contributed by atoms with van der Waals surface area (Å²) in [6.45, 7) is 4.04. The molecule has 1 saturated carbocycles. The fourth-order valence-corrected chi connectivity index (χ4v) is 4.18. The predicted molar refractivity (Wildman–Crippen MR) is 114 cm³/mol. The van der Waals surface area contributed by atoms with E-state index in [4.69, 9.17) is 9.72 Å². The van der Waals surface area contributed by atoms with E-state index in [2.05, 4.69) is 10.4 Å². The molecule has 1 N–H and O–H groups in total. The summed E-state index contributed by atoms with van der Waals surface area (Å²) in [5, 5.41) is 8.11. The standard InChI is InChI=1S/C23H26N4O3/c1-15(2)27-20-18(14-24-27)17(13-19(25-20)16-9-5-4-6-10-16)21(28)26-23(22(29)30-3)11-7-8-12-23/h4-6,9-10,13-15H,7-8,11-12H2,1-3H3,(H,26,28). The molecule has 7 nitrogen and oxygen atoms in total. The molecule has 0 radical (unpaired) electrons. The van der Waals surface area contributed by atoms with Crippen molar-refractivity contribution in [1.29, 1.82) is 0 Å². The number of benzene rings is 1. The molecule has 2 heterocycles. The maximum absolute atomic E-state index is 13.4. The number of amides is 1. The summed E-state index contributed by atoms with van der Waals surface area (Å²) >= 11 is 0. The van der Waals surface area contributed by atoms with Crippen LogP contribution >= 0.6 is 0 Å². The fourth-order valence-electron chi connectivity index (χ4n) is 4.18. The van der Waals surface area contributed by atoms with Gasteiger partial charge in [0.05, 0.1) is 30.0 Å². The van der Waals surface area contributed by atoms with E-state index in [1.807, 2.05) is 48.9 Å². The van der Waals surface area contributed by atoms with Gasteiger partial charge in [-0.15, -0.1) is 0 Å². The average molecular weight is 406 g/mol. The zero-order valence-electron chi connectivity index (χ0n) is 17.5. The predicted octanol–water partition coefficient (Wildman–Crippen LogP) is 3.89. The van der Waals surface area contributed by atoms with Crippen LogP contribution in [0.15, 0.2) is 42.6 Å². The zero-order chi connectivity index (χ0) is 21.3. The summed E-state index contributed by atoms with van der Waals surface area (Å²) in [5.41, 5.74) is 1.74. The van der Waals surface area contributed by atoms with Gasteiger partial charge in [-0.3, -0.25) is 4.79 Å². The lowest BCUT2D eigenvalue weighted by molar-refractivity contribution is -0.148. The van der Waals surface area contributed by atoms with Crippen molar-refractivity contribution in [3.8, 4) is 11.3 Å². The molecule has 0 aliphatic heterocycles. The SMILES string of the molecule is COC(=O)C1(NC(=O)c2cc(-c3ccccc3)nc3c2cnn3C(C)C)CCCC1. The topological polar surface area (TPSA) is 86.1 Å². The quantitative estimate of drug-likeness (QED) is 0.650. The molecule has 0 unspecified atom stereocenters. The molecule has 1 aliphatic rings. The van der Waals surface area contributed by atoms with Gasteiger partial charge in [0.15, 0.2) is 5.65 Å². The molecule has 1 amide bonds. The van der Waals surface area contributed by atoms with Crippen LogP contribution in [0.5, 0.6) is 0 Å². The maximum Gasteiger partial charge on any atom is 0.331 e. The van der Waals surface area contributed by atoms with Gasteiger partial charge in [0, 0.05) is 11.6 Å². The van der Waals surface area contributed by atoms with Gasteiger partial charge in [-0.2, -0.15) is 5.10 Å². The summed E-state index contributed by atoms with van der Waals surface area (Å²) in [4.78, 5) is 30.7. The third-order valence-corrected chi connectivity index (χ3v) is 5.76. The minimum atomic E-state index is -0.970. The molecule has 0 atom stereocenters. The molecule has 1 aliphatic carbocycles. The number of aromatic nitrogens is 3. The lowest BCUT2D eigenvalue weighted by atomic mass is 9.96. The molecule has 0 spiro atoms. The van der Waals surface area contributed by atoms with Gasteiger partial charge < -0.3 is 10.1 Å². The summed E-state index contributed by atoms with van der Waals surface area (Å²) < 4.78 is 6.82. The van der Waals surface area contributed by atoms with E-state index < -0.39 is 5.54 Å². The summed E-state index contributed by atoms with van der Waals surface area (Å²) in [6.07, 6.45) is 4.59. The van der Waals surface area contributed by atoms with Crippen molar-refractivity contribution in [3.05, 3.63) is 48.2 Å². The van der Waals surface area contributed by atoms with Crippen molar-refractivity contribution in [2.75, 3.05) is 7.11 Å². The van der Waals surface area contributed by atoms with Gasteiger partial charge in [0.25, 0.3) is 5.91 Å². The van der Waals surface area contributed by atoms with Crippen molar-refractivity contribution < 1.29 is 14.3 Å². The van der Waals surface area contributed by atoms with Crippen molar-refractivity contribution in [1.82, 2.24) is 20.1 Å². The molecule has 156 valence electrons. The zero-order valence-corrected chi connectivity index (χ0v) is 17.5. The molecule has 7 heteroatoms.